The highest BCUT2D eigenvalue weighted by atomic mass is 16.5. The van der Waals surface area contributed by atoms with Crippen LogP contribution in [-0.2, 0) is 9.53 Å². The van der Waals surface area contributed by atoms with E-state index in [4.69, 9.17) is 0 Å². The van der Waals surface area contributed by atoms with Crippen LogP contribution in [0.1, 0.15) is 19.8 Å². The van der Waals surface area contributed by atoms with Gasteiger partial charge in [0.05, 0.1) is 7.11 Å². The molecule has 0 heterocycles. The fraction of sp³-hybridized carbons (Fsp3) is 0.875. The second-order valence-corrected chi connectivity index (χ2v) is 3.10. The average Bonchev–Trinajstić information content (AvgIpc) is 2.81. The molecule has 3 heteroatoms. The third kappa shape index (κ3) is 2.89. The summed E-state index contributed by atoms with van der Waals surface area (Å²) < 4.78 is 4.56. The van der Waals surface area contributed by atoms with Crippen LogP contribution in [0.15, 0.2) is 0 Å². The molecular weight excluding hydrogens is 142 g/mol. The zero-order chi connectivity index (χ0) is 8.27. The van der Waals surface area contributed by atoms with Gasteiger partial charge in [-0.2, -0.15) is 0 Å². The van der Waals surface area contributed by atoms with Crippen molar-refractivity contribution in [2.75, 3.05) is 13.7 Å². The largest absolute Gasteiger partial charge is 0.468 e. The number of carbonyl (C=O) groups is 1. The Bertz CT molecular complexity index is 143. The van der Waals surface area contributed by atoms with Gasteiger partial charge in [-0.1, -0.05) is 0 Å². The zero-order valence-corrected chi connectivity index (χ0v) is 7.09. The molecular formula is C8H15NO2. The minimum atomic E-state index is -0.175. The summed E-state index contributed by atoms with van der Waals surface area (Å²) in [7, 11) is 1.41. The topological polar surface area (TPSA) is 38.3 Å². The number of esters is 1. The van der Waals surface area contributed by atoms with Crippen LogP contribution in [0.25, 0.3) is 0 Å². The quantitative estimate of drug-likeness (QED) is 0.605. The van der Waals surface area contributed by atoms with Crippen LogP contribution in [0.2, 0.25) is 0 Å². The summed E-state index contributed by atoms with van der Waals surface area (Å²) in [5, 5.41) is 3.12. The normalized spacial score (nSPS) is 19.5. The molecule has 0 bridgehead atoms. The van der Waals surface area contributed by atoms with Gasteiger partial charge in [-0.3, -0.25) is 4.79 Å². The molecule has 0 unspecified atom stereocenters. The third-order valence-corrected chi connectivity index (χ3v) is 1.96. The van der Waals surface area contributed by atoms with E-state index in [9.17, 15) is 4.79 Å². The van der Waals surface area contributed by atoms with E-state index >= 15 is 0 Å². The maximum Gasteiger partial charge on any atom is 0.322 e. The molecule has 0 aromatic rings. The number of ether oxygens (including phenoxy) is 1. The van der Waals surface area contributed by atoms with Gasteiger partial charge in [0.2, 0.25) is 0 Å². The van der Waals surface area contributed by atoms with Crippen LogP contribution in [0.3, 0.4) is 0 Å². The van der Waals surface area contributed by atoms with Gasteiger partial charge in [-0.25, -0.2) is 0 Å². The number of carbonyl (C=O) groups excluding carboxylic acids is 1. The van der Waals surface area contributed by atoms with Crippen LogP contribution in [0.5, 0.6) is 0 Å². The van der Waals surface area contributed by atoms with Gasteiger partial charge in [-0.15, -0.1) is 0 Å². The van der Waals surface area contributed by atoms with E-state index in [1.165, 1.54) is 20.0 Å². The molecule has 1 aliphatic carbocycles. The van der Waals surface area contributed by atoms with E-state index in [-0.39, 0.29) is 12.0 Å². The standard InChI is InChI=1S/C8H15NO2/c1-6(8(10)11-2)9-5-7-3-4-7/h6-7,9H,3-5H2,1-2H3/t6-/m0/s1. The van der Waals surface area contributed by atoms with Gasteiger partial charge in [0.25, 0.3) is 0 Å². The lowest BCUT2D eigenvalue weighted by Crippen LogP contribution is -2.35. The molecule has 0 spiro atoms. The van der Waals surface area contributed by atoms with Crippen LogP contribution in [0, 0.1) is 5.92 Å². The smallest absolute Gasteiger partial charge is 0.322 e. The van der Waals surface area contributed by atoms with Gasteiger partial charge >= 0.3 is 5.97 Å². The van der Waals surface area contributed by atoms with Crippen molar-refractivity contribution in [3.05, 3.63) is 0 Å². The lowest BCUT2D eigenvalue weighted by Gasteiger charge is -2.09. The molecule has 0 radical (unpaired) electrons. The predicted molar refractivity (Wildman–Crippen MR) is 42.2 cm³/mol. The predicted octanol–water partition coefficient (Wildman–Crippen LogP) is 0.547. The first kappa shape index (κ1) is 8.53. The van der Waals surface area contributed by atoms with Gasteiger partial charge in [0.1, 0.15) is 6.04 Å². The Morgan fingerprint density at radius 2 is 2.36 bits per heavy atom. The van der Waals surface area contributed by atoms with Gasteiger partial charge in [0.15, 0.2) is 0 Å². The molecule has 0 aromatic heterocycles. The van der Waals surface area contributed by atoms with Gasteiger partial charge < -0.3 is 10.1 Å². The van der Waals surface area contributed by atoms with Crippen molar-refractivity contribution in [3.8, 4) is 0 Å². The van der Waals surface area contributed by atoms with Crippen LogP contribution in [-0.4, -0.2) is 25.7 Å². The van der Waals surface area contributed by atoms with Crippen LogP contribution < -0.4 is 5.32 Å². The minimum Gasteiger partial charge on any atom is -0.468 e. The molecule has 0 amide bonds. The molecule has 64 valence electrons. The molecule has 1 fully saturated rings. The Kier molecular flexibility index (Phi) is 2.88. The summed E-state index contributed by atoms with van der Waals surface area (Å²) in [4.78, 5) is 10.9. The second-order valence-electron chi connectivity index (χ2n) is 3.10. The van der Waals surface area contributed by atoms with E-state index in [0.29, 0.717) is 0 Å². The Labute approximate surface area is 67.1 Å². The molecule has 1 saturated carbocycles. The van der Waals surface area contributed by atoms with Gasteiger partial charge in [0, 0.05) is 0 Å². The number of nitrogens with one attached hydrogen (secondary N) is 1. The van der Waals surface area contributed by atoms with Crippen molar-refractivity contribution in [2.24, 2.45) is 5.92 Å². The van der Waals surface area contributed by atoms with Gasteiger partial charge in [-0.05, 0) is 32.2 Å². The summed E-state index contributed by atoms with van der Waals surface area (Å²) >= 11 is 0. The van der Waals surface area contributed by atoms with Crippen molar-refractivity contribution in [3.63, 3.8) is 0 Å². The van der Waals surface area contributed by atoms with E-state index in [2.05, 4.69) is 10.1 Å². The second kappa shape index (κ2) is 3.72. The lowest BCUT2D eigenvalue weighted by molar-refractivity contribution is -0.142. The molecule has 3 nitrogen and oxygen atoms in total. The van der Waals surface area contributed by atoms with E-state index in [1.807, 2.05) is 6.92 Å². The Morgan fingerprint density at radius 1 is 1.73 bits per heavy atom. The summed E-state index contributed by atoms with van der Waals surface area (Å²) in [5.41, 5.74) is 0. The maximum absolute atomic E-state index is 10.9. The Balaban J connectivity index is 2.08. The SMILES string of the molecule is COC(=O)[C@H](C)NCC1CC1. The monoisotopic (exact) mass is 157 g/mol. The fourth-order valence-corrected chi connectivity index (χ4v) is 0.926. The maximum atomic E-state index is 10.9. The Hall–Kier alpha value is -0.570. The summed E-state index contributed by atoms with van der Waals surface area (Å²) in [6, 6.07) is -0.152. The van der Waals surface area contributed by atoms with Crippen molar-refractivity contribution in [2.45, 2.75) is 25.8 Å². The average molecular weight is 157 g/mol. The molecule has 1 rings (SSSR count). The van der Waals surface area contributed by atoms with Crippen molar-refractivity contribution >= 4 is 5.97 Å². The number of rotatable bonds is 4. The highest BCUT2D eigenvalue weighted by Gasteiger charge is 2.22. The molecule has 1 atom stereocenters. The first-order chi connectivity index (χ1) is 5.24. The van der Waals surface area contributed by atoms with Crippen molar-refractivity contribution in [1.82, 2.24) is 5.32 Å². The zero-order valence-electron chi connectivity index (χ0n) is 7.09. The molecule has 0 aromatic carbocycles. The number of methoxy groups -OCH3 is 1. The molecule has 1 aliphatic rings. The molecule has 0 aliphatic heterocycles. The first-order valence-electron chi connectivity index (χ1n) is 4.05. The van der Waals surface area contributed by atoms with Crippen molar-refractivity contribution < 1.29 is 9.53 Å². The fourth-order valence-electron chi connectivity index (χ4n) is 0.926. The molecule has 11 heavy (non-hydrogen) atoms. The highest BCUT2D eigenvalue weighted by Crippen LogP contribution is 2.27. The summed E-state index contributed by atoms with van der Waals surface area (Å²) in [6.07, 6.45) is 2.61. The van der Waals surface area contributed by atoms with E-state index in [1.54, 1.807) is 0 Å². The molecule has 1 N–H and O–H groups in total. The van der Waals surface area contributed by atoms with Crippen LogP contribution in [0.4, 0.5) is 0 Å². The van der Waals surface area contributed by atoms with E-state index in [0.717, 1.165) is 12.5 Å². The van der Waals surface area contributed by atoms with E-state index < -0.39 is 0 Å². The highest BCUT2D eigenvalue weighted by molar-refractivity contribution is 5.75. The van der Waals surface area contributed by atoms with Crippen LogP contribution >= 0.6 is 0 Å². The number of hydrogen-bond acceptors (Lipinski definition) is 3. The lowest BCUT2D eigenvalue weighted by atomic mass is 10.3. The summed E-state index contributed by atoms with van der Waals surface area (Å²) in [6.45, 7) is 2.78. The third-order valence-electron chi connectivity index (χ3n) is 1.96. The Morgan fingerprint density at radius 3 is 2.82 bits per heavy atom. The van der Waals surface area contributed by atoms with Crippen molar-refractivity contribution in [1.29, 1.82) is 0 Å². The molecule has 0 saturated heterocycles. The summed E-state index contributed by atoms with van der Waals surface area (Å²) in [5.74, 6) is 0.632. The minimum absolute atomic E-state index is 0.152. The first-order valence-corrected chi connectivity index (χ1v) is 4.05. The number of hydrogen-bond donors (Lipinski definition) is 1.